The molecule has 2 fully saturated rings. The third-order valence-electron chi connectivity index (χ3n) is 9.25. The van der Waals surface area contributed by atoms with Crippen LogP contribution < -0.4 is 0 Å². The van der Waals surface area contributed by atoms with Gasteiger partial charge in [0.05, 0.1) is 5.56 Å². The normalized spacial score (nSPS) is 29.6. The molecule has 6 atom stereocenters. The quantitative estimate of drug-likeness (QED) is 0.211. The van der Waals surface area contributed by atoms with Crippen molar-refractivity contribution in [2.75, 3.05) is 0 Å². The van der Waals surface area contributed by atoms with Crippen molar-refractivity contribution in [3.05, 3.63) is 48.0 Å². The molecule has 0 amide bonds. The molecule has 4 heteroatoms. The van der Waals surface area contributed by atoms with E-state index in [1.165, 1.54) is 12.8 Å². The second kappa shape index (κ2) is 10.7. The SMILES string of the molecule is C[C@H](C=CC[C@H](C)O[Si](C)(C)C(C)(C)C)[C@H]1CC[C@H]2[C@@H](OC(=O)c3ccccc3)CCC[C@]12C. The summed E-state index contributed by atoms with van der Waals surface area (Å²) in [5.74, 6) is 1.47. The van der Waals surface area contributed by atoms with Crippen LogP contribution in [0.3, 0.4) is 0 Å². The lowest BCUT2D eigenvalue weighted by Gasteiger charge is -2.45. The topological polar surface area (TPSA) is 35.5 Å². The molecule has 0 saturated heterocycles. The summed E-state index contributed by atoms with van der Waals surface area (Å²) in [6, 6.07) is 9.44. The van der Waals surface area contributed by atoms with E-state index < -0.39 is 8.32 Å². The van der Waals surface area contributed by atoms with Gasteiger partial charge in [-0.2, -0.15) is 0 Å². The molecule has 0 heterocycles. The fraction of sp³-hybridized carbons (Fsp3) is 0.700. The van der Waals surface area contributed by atoms with E-state index in [0.717, 1.165) is 25.7 Å². The predicted molar refractivity (Wildman–Crippen MR) is 144 cm³/mol. The van der Waals surface area contributed by atoms with Crippen molar-refractivity contribution < 1.29 is 14.0 Å². The molecule has 0 unspecified atom stereocenters. The first-order chi connectivity index (χ1) is 15.8. The zero-order valence-corrected chi connectivity index (χ0v) is 23.9. The lowest BCUT2D eigenvalue weighted by Crippen LogP contribution is -2.43. The van der Waals surface area contributed by atoms with Gasteiger partial charge >= 0.3 is 5.97 Å². The van der Waals surface area contributed by atoms with E-state index in [0.29, 0.717) is 23.3 Å². The van der Waals surface area contributed by atoms with Gasteiger partial charge in [0.2, 0.25) is 0 Å². The number of rotatable bonds is 8. The lowest BCUT2D eigenvalue weighted by molar-refractivity contribution is -0.0444. The van der Waals surface area contributed by atoms with Gasteiger partial charge in [-0.3, -0.25) is 0 Å². The molecule has 0 N–H and O–H groups in total. The Labute approximate surface area is 209 Å². The van der Waals surface area contributed by atoms with Crippen LogP contribution in [0.4, 0.5) is 0 Å². The van der Waals surface area contributed by atoms with Crippen molar-refractivity contribution in [3.8, 4) is 0 Å². The van der Waals surface area contributed by atoms with Crippen LogP contribution in [0, 0.1) is 23.2 Å². The second-order valence-electron chi connectivity index (χ2n) is 12.7. The van der Waals surface area contributed by atoms with Crippen LogP contribution in [0.1, 0.15) is 90.4 Å². The number of carbonyl (C=O) groups excluding carboxylic acids is 1. The summed E-state index contributed by atoms with van der Waals surface area (Å²) >= 11 is 0. The standard InChI is InChI=1S/C30H48O3Si/c1-22(14-12-15-23(2)33-34(7,8)29(3,4)5)25-19-20-26-27(18-13-21-30(25,26)6)32-28(31)24-16-10-9-11-17-24/h9-12,14,16-17,22-23,25-27H,13,15,18-21H2,1-8H3/t22-,23+,25-,26+,27+,30-/m1/s1. The van der Waals surface area contributed by atoms with Gasteiger partial charge in [-0.15, -0.1) is 0 Å². The van der Waals surface area contributed by atoms with Crippen LogP contribution in [0.5, 0.6) is 0 Å². The zero-order valence-electron chi connectivity index (χ0n) is 22.9. The predicted octanol–water partition coefficient (Wildman–Crippen LogP) is 8.42. The Morgan fingerprint density at radius 1 is 1.15 bits per heavy atom. The molecule has 3 nitrogen and oxygen atoms in total. The van der Waals surface area contributed by atoms with E-state index in [2.05, 4.69) is 66.8 Å². The van der Waals surface area contributed by atoms with Crippen molar-refractivity contribution in [3.63, 3.8) is 0 Å². The van der Waals surface area contributed by atoms with Crippen molar-refractivity contribution >= 4 is 14.3 Å². The molecule has 190 valence electrons. The Kier molecular flexibility index (Phi) is 8.56. The van der Waals surface area contributed by atoms with E-state index in [9.17, 15) is 4.79 Å². The summed E-state index contributed by atoms with van der Waals surface area (Å²) in [6.45, 7) is 18.6. The second-order valence-corrected chi connectivity index (χ2v) is 17.5. The highest BCUT2D eigenvalue weighted by molar-refractivity contribution is 6.74. The van der Waals surface area contributed by atoms with Crippen LogP contribution in [-0.4, -0.2) is 26.5 Å². The van der Waals surface area contributed by atoms with Crippen LogP contribution in [0.25, 0.3) is 0 Å². The average Bonchev–Trinajstić information content (AvgIpc) is 3.11. The van der Waals surface area contributed by atoms with Gasteiger partial charge < -0.3 is 9.16 Å². The molecule has 0 aliphatic heterocycles. The average molecular weight is 485 g/mol. The highest BCUT2D eigenvalue weighted by Gasteiger charge is 2.53. The third kappa shape index (κ3) is 6.05. The smallest absolute Gasteiger partial charge is 0.338 e. The summed E-state index contributed by atoms with van der Waals surface area (Å²) in [4.78, 5) is 12.7. The zero-order chi connectivity index (χ0) is 25.1. The van der Waals surface area contributed by atoms with Crippen molar-refractivity contribution in [1.82, 2.24) is 0 Å². The van der Waals surface area contributed by atoms with Gasteiger partial charge in [0.1, 0.15) is 6.10 Å². The minimum Gasteiger partial charge on any atom is -0.458 e. The van der Waals surface area contributed by atoms with Gasteiger partial charge in [-0.1, -0.05) is 65.0 Å². The van der Waals surface area contributed by atoms with Crippen LogP contribution in [-0.2, 0) is 9.16 Å². The van der Waals surface area contributed by atoms with E-state index in [1.807, 2.05) is 30.3 Å². The summed E-state index contributed by atoms with van der Waals surface area (Å²) in [5, 5.41) is 0.243. The van der Waals surface area contributed by atoms with Gasteiger partial charge in [0, 0.05) is 12.0 Å². The van der Waals surface area contributed by atoms with Gasteiger partial charge in [0.15, 0.2) is 8.32 Å². The number of hydrogen-bond donors (Lipinski definition) is 0. The monoisotopic (exact) mass is 484 g/mol. The molecule has 1 aromatic rings. The van der Waals surface area contributed by atoms with Gasteiger partial charge in [-0.05, 0) is 93.0 Å². The number of ether oxygens (including phenoxy) is 1. The van der Waals surface area contributed by atoms with Crippen LogP contribution in [0.15, 0.2) is 42.5 Å². The van der Waals surface area contributed by atoms with E-state index in [1.54, 1.807) is 0 Å². The van der Waals surface area contributed by atoms with Crippen molar-refractivity contribution in [1.29, 1.82) is 0 Å². The molecule has 2 saturated carbocycles. The molecule has 0 spiro atoms. The fourth-order valence-corrected chi connectivity index (χ4v) is 7.75. The summed E-state index contributed by atoms with van der Waals surface area (Å²) in [7, 11) is -1.73. The van der Waals surface area contributed by atoms with Crippen LogP contribution >= 0.6 is 0 Å². The minimum atomic E-state index is -1.73. The highest BCUT2D eigenvalue weighted by atomic mass is 28.4. The minimum absolute atomic E-state index is 0.0469. The summed E-state index contributed by atoms with van der Waals surface area (Å²) in [6.07, 6.45) is 11.8. The number of benzene rings is 1. The number of esters is 1. The molecule has 0 aromatic heterocycles. The lowest BCUT2D eigenvalue weighted by atomic mass is 9.62. The molecule has 34 heavy (non-hydrogen) atoms. The molecule has 1 aromatic carbocycles. The molecule has 0 bridgehead atoms. The van der Waals surface area contributed by atoms with Gasteiger partial charge in [0.25, 0.3) is 0 Å². The molecule has 3 rings (SSSR count). The molecular weight excluding hydrogens is 436 g/mol. The molecule has 0 radical (unpaired) electrons. The van der Waals surface area contributed by atoms with Gasteiger partial charge in [-0.25, -0.2) is 4.79 Å². The molecule has 2 aliphatic rings. The van der Waals surface area contributed by atoms with Crippen LogP contribution in [0.2, 0.25) is 18.1 Å². The Morgan fingerprint density at radius 3 is 2.47 bits per heavy atom. The van der Waals surface area contributed by atoms with E-state index in [4.69, 9.17) is 9.16 Å². The maximum atomic E-state index is 12.7. The summed E-state index contributed by atoms with van der Waals surface area (Å²) < 4.78 is 12.6. The number of carbonyl (C=O) groups is 1. The number of hydrogen-bond acceptors (Lipinski definition) is 3. The molecular formula is C30H48O3Si. The first-order valence-corrected chi connectivity index (χ1v) is 16.4. The van der Waals surface area contributed by atoms with E-state index in [-0.39, 0.29) is 28.6 Å². The first kappa shape index (κ1) is 27.2. The maximum Gasteiger partial charge on any atom is 0.338 e. The number of allylic oxidation sites excluding steroid dienone is 1. The van der Waals surface area contributed by atoms with Crippen molar-refractivity contribution in [2.24, 2.45) is 23.2 Å². The Balaban J connectivity index is 1.59. The third-order valence-corrected chi connectivity index (χ3v) is 13.9. The summed E-state index contributed by atoms with van der Waals surface area (Å²) in [5.41, 5.74) is 0.905. The highest BCUT2D eigenvalue weighted by Crippen LogP contribution is 2.58. The maximum absolute atomic E-state index is 12.7. The van der Waals surface area contributed by atoms with Crippen molar-refractivity contribution in [2.45, 2.75) is 110 Å². The molecule has 2 aliphatic carbocycles. The Morgan fingerprint density at radius 2 is 1.82 bits per heavy atom. The largest absolute Gasteiger partial charge is 0.458 e. The Hall–Kier alpha value is -1.39. The van der Waals surface area contributed by atoms with E-state index >= 15 is 0 Å². The fourth-order valence-electron chi connectivity index (χ4n) is 6.29. The Bertz CT molecular complexity index is 840. The first-order valence-electron chi connectivity index (χ1n) is 13.5. The number of fused-ring (bicyclic) bond motifs is 1.